The van der Waals surface area contributed by atoms with Gasteiger partial charge in [0, 0.05) is 0 Å². The summed E-state index contributed by atoms with van der Waals surface area (Å²) in [5, 5.41) is 9.00. The number of hydrogen-bond acceptors (Lipinski definition) is 5. The summed E-state index contributed by atoms with van der Waals surface area (Å²) in [5.74, 6) is 4.20. The first-order valence-electron chi connectivity index (χ1n) is 4.07. The molecule has 0 aliphatic carbocycles. The molecule has 0 amide bonds. The maximum absolute atomic E-state index is 10.9. The maximum Gasteiger partial charge on any atom is 0.341 e. The van der Waals surface area contributed by atoms with E-state index in [1.54, 1.807) is 12.1 Å². The van der Waals surface area contributed by atoms with Crippen molar-refractivity contribution in [3.8, 4) is 5.75 Å². The van der Waals surface area contributed by atoms with Gasteiger partial charge in [-0.25, -0.2) is 4.79 Å². The molecule has 0 saturated carbocycles. The van der Waals surface area contributed by atoms with E-state index in [1.807, 2.05) is 0 Å². The van der Waals surface area contributed by atoms with Gasteiger partial charge < -0.3 is 15.7 Å². The second-order valence-corrected chi connectivity index (χ2v) is 2.91. The molecule has 5 N–H and O–H groups in total. The van der Waals surface area contributed by atoms with Crippen LogP contribution in [0.25, 0.3) is 0 Å². The minimum absolute atomic E-state index is 0.170. The van der Waals surface area contributed by atoms with Gasteiger partial charge in [0.1, 0.15) is 11.8 Å². The predicted molar refractivity (Wildman–Crippen MR) is 50.1 cm³/mol. The second-order valence-electron chi connectivity index (χ2n) is 2.91. The molecule has 1 aromatic carbocycles. The van der Waals surface area contributed by atoms with Crippen LogP contribution in [-0.2, 0) is 16.1 Å². The monoisotopic (exact) mass is 196 g/mol. The van der Waals surface area contributed by atoms with Gasteiger partial charge >= 0.3 is 5.97 Å². The number of aromatic hydroxyl groups is 1. The van der Waals surface area contributed by atoms with Crippen molar-refractivity contribution in [3.63, 3.8) is 0 Å². The number of nitrogens with two attached hydrogens (primary N) is 2. The summed E-state index contributed by atoms with van der Waals surface area (Å²) in [6.45, 7) is 0. The number of carbonyl (C=O) groups excluding carboxylic acids is 1. The SMILES string of the molecule is NOC(=O)C(N)Cc1ccc(O)cc1. The van der Waals surface area contributed by atoms with Gasteiger partial charge in [0.2, 0.25) is 0 Å². The number of carbonyl (C=O) groups is 1. The van der Waals surface area contributed by atoms with Crippen molar-refractivity contribution < 1.29 is 14.7 Å². The summed E-state index contributed by atoms with van der Waals surface area (Å²) in [4.78, 5) is 14.9. The molecule has 0 aliphatic heterocycles. The Morgan fingerprint density at radius 2 is 2.00 bits per heavy atom. The lowest BCUT2D eigenvalue weighted by Gasteiger charge is -2.08. The van der Waals surface area contributed by atoms with Gasteiger partial charge in [-0.1, -0.05) is 12.1 Å². The smallest absolute Gasteiger partial charge is 0.341 e. The number of rotatable bonds is 3. The lowest BCUT2D eigenvalue weighted by atomic mass is 10.1. The summed E-state index contributed by atoms with van der Waals surface area (Å²) >= 11 is 0. The maximum atomic E-state index is 10.9. The molecule has 14 heavy (non-hydrogen) atoms. The fourth-order valence-electron chi connectivity index (χ4n) is 1.06. The Kier molecular flexibility index (Phi) is 3.44. The van der Waals surface area contributed by atoms with E-state index in [0.717, 1.165) is 5.56 Å². The average Bonchev–Trinajstić information content (AvgIpc) is 2.20. The normalized spacial score (nSPS) is 12.1. The van der Waals surface area contributed by atoms with Crippen LogP contribution in [0.2, 0.25) is 0 Å². The van der Waals surface area contributed by atoms with Crippen LogP contribution in [0.15, 0.2) is 24.3 Å². The third-order valence-electron chi connectivity index (χ3n) is 1.81. The molecule has 5 heteroatoms. The van der Waals surface area contributed by atoms with E-state index in [9.17, 15) is 4.79 Å². The molecule has 1 aromatic rings. The third kappa shape index (κ3) is 2.72. The van der Waals surface area contributed by atoms with Crippen LogP contribution in [0.1, 0.15) is 5.56 Å². The highest BCUT2D eigenvalue weighted by molar-refractivity contribution is 5.75. The van der Waals surface area contributed by atoms with E-state index in [4.69, 9.17) is 10.8 Å². The van der Waals surface area contributed by atoms with Crippen LogP contribution in [0, 0.1) is 0 Å². The van der Waals surface area contributed by atoms with Gasteiger partial charge in [0.15, 0.2) is 0 Å². The van der Waals surface area contributed by atoms with Gasteiger partial charge in [-0.3, -0.25) is 0 Å². The number of benzene rings is 1. The summed E-state index contributed by atoms with van der Waals surface area (Å²) < 4.78 is 0. The zero-order chi connectivity index (χ0) is 10.6. The molecular formula is C9H12N2O3. The van der Waals surface area contributed by atoms with Crippen LogP contribution in [0.5, 0.6) is 5.75 Å². The number of hydrogen-bond donors (Lipinski definition) is 3. The fraction of sp³-hybridized carbons (Fsp3) is 0.222. The Labute approximate surface area is 81.2 Å². The van der Waals surface area contributed by atoms with Gasteiger partial charge in [-0.2, -0.15) is 5.90 Å². The van der Waals surface area contributed by atoms with E-state index in [0.29, 0.717) is 6.42 Å². The minimum atomic E-state index is -0.774. The number of phenols is 1. The highest BCUT2D eigenvalue weighted by Crippen LogP contribution is 2.10. The molecule has 0 fully saturated rings. The molecule has 0 aliphatic rings. The first-order valence-corrected chi connectivity index (χ1v) is 4.07. The topological polar surface area (TPSA) is 98.6 Å². The Morgan fingerprint density at radius 3 is 2.50 bits per heavy atom. The molecule has 1 atom stereocenters. The molecule has 0 radical (unpaired) electrons. The molecule has 76 valence electrons. The molecule has 0 spiro atoms. The lowest BCUT2D eigenvalue weighted by molar-refractivity contribution is -0.145. The Hall–Kier alpha value is -1.59. The Bertz CT molecular complexity index is 310. The van der Waals surface area contributed by atoms with Crippen molar-refractivity contribution in [1.29, 1.82) is 0 Å². The predicted octanol–water partition coefficient (Wildman–Crippen LogP) is -0.321. The van der Waals surface area contributed by atoms with E-state index in [-0.39, 0.29) is 5.75 Å². The highest BCUT2D eigenvalue weighted by Gasteiger charge is 2.14. The van der Waals surface area contributed by atoms with Gasteiger partial charge in [0.05, 0.1) is 0 Å². The van der Waals surface area contributed by atoms with E-state index in [1.165, 1.54) is 12.1 Å². The minimum Gasteiger partial charge on any atom is -0.508 e. The third-order valence-corrected chi connectivity index (χ3v) is 1.81. The van der Waals surface area contributed by atoms with Crippen LogP contribution < -0.4 is 11.6 Å². The van der Waals surface area contributed by atoms with Crippen LogP contribution in [0.4, 0.5) is 0 Å². The van der Waals surface area contributed by atoms with Crippen molar-refractivity contribution in [1.82, 2.24) is 0 Å². The van der Waals surface area contributed by atoms with E-state index >= 15 is 0 Å². The molecule has 5 nitrogen and oxygen atoms in total. The van der Waals surface area contributed by atoms with Gasteiger partial charge in [-0.15, -0.1) is 0 Å². The summed E-state index contributed by atoms with van der Waals surface area (Å²) in [6, 6.07) is 5.63. The van der Waals surface area contributed by atoms with Crippen molar-refractivity contribution in [3.05, 3.63) is 29.8 Å². The average molecular weight is 196 g/mol. The molecule has 0 heterocycles. The second kappa shape index (κ2) is 4.59. The molecule has 0 bridgehead atoms. The molecule has 0 saturated heterocycles. The van der Waals surface area contributed by atoms with Crippen molar-refractivity contribution in [2.45, 2.75) is 12.5 Å². The standard InChI is InChI=1S/C9H12N2O3/c10-8(9(13)14-11)5-6-1-3-7(12)4-2-6/h1-4,8,12H,5,10-11H2. The Balaban J connectivity index is 2.60. The molecule has 0 aromatic heterocycles. The molecule has 1 rings (SSSR count). The van der Waals surface area contributed by atoms with Crippen molar-refractivity contribution in [2.75, 3.05) is 0 Å². The Morgan fingerprint density at radius 1 is 1.43 bits per heavy atom. The van der Waals surface area contributed by atoms with Gasteiger partial charge in [0.25, 0.3) is 0 Å². The summed E-state index contributed by atoms with van der Waals surface area (Å²) in [5.41, 5.74) is 6.31. The van der Waals surface area contributed by atoms with Gasteiger partial charge in [-0.05, 0) is 24.1 Å². The molecule has 1 unspecified atom stereocenters. The van der Waals surface area contributed by atoms with Crippen LogP contribution >= 0.6 is 0 Å². The summed E-state index contributed by atoms with van der Waals surface area (Å²) in [7, 11) is 0. The quantitative estimate of drug-likeness (QED) is 0.575. The lowest BCUT2D eigenvalue weighted by Crippen LogP contribution is -2.35. The zero-order valence-corrected chi connectivity index (χ0v) is 7.51. The first-order chi connectivity index (χ1) is 6.63. The van der Waals surface area contributed by atoms with E-state index in [2.05, 4.69) is 10.7 Å². The van der Waals surface area contributed by atoms with Crippen LogP contribution in [-0.4, -0.2) is 17.1 Å². The fourth-order valence-corrected chi connectivity index (χ4v) is 1.06. The highest BCUT2D eigenvalue weighted by atomic mass is 16.7. The van der Waals surface area contributed by atoms with Crippen LogP contribution in [0.3, 0.4) is 0 Å². The molecular weight excluding hydrogens is 184 g/mol. The van der Waals surface area contributed by atoms with Crippen molar-refractivity contribution >= 4 is 5.97 Å². The van der Waals surface area contributed by atoms with Crippen molar-refractivity contribution in [2.24, 2.45) is 11.6 Å². The summed E-state index contributed by atoms with van der Waals surface area (Å²) in [6.07, 6.45) is 0.330. The first kappa shape index (κ1) is 10.5. The number of phenolic OH excluding ortho intramolecular Hbond substituents is 1. The zero-order valence-electron chi connectivity index (χ0n) is 7.51. The van der Waals surface area contributed by atoms with E-state index < -0.39 is 12.0 Å². The largest absolute Gasteiger partial charge is 0.508 e.